The minimum Gasteiger partial charge on any atom is -0.390 e. The van der Waals surface area contributed by atoms with Crippen molar-refractivity contribution in [3.05, 3.63) is 71.3 Å². The minimum atomic E-state index is -0.691. The Hall–Kier alpha value is -2.13. The maximum absolute atomic E-state index is 12.7. The summed E-state index contributed by atoms with van der Waals surface area (Å²) >= 11 is 0. The zero-order valence-electron chi connectivity index (χ0n) is 14.4. The highest BCUT2D eigenvalue weighted by atomic mass is 16.3. The van der Waals surface area contributed by atoms with Crippen LogP contribution in [-0.2, 0) is 12.0 Å². The van der Waals surface area contributed by atoms with Crippen LogP contribution in [0.25, 0.3) is 0 Å². The molecule has 3 nitrogen and oxygen atoms in total. The van der Waals surface area contributed by atoms with E-state index >= 15 is 0 Å². The van der Waals surface area contributed by atoms with Crippen LogP contribution in [0.2, 0.25) is 0 Å². The number of hydrogen-bond donors (Lipinski definition) is 2. The number of aliphatic hydroxyl groups is 1. The summed E-state index contributed by atoms with van der Waals surface area (Å²) in [6.45, 7) is 3.61. The van der Waals surface area contributed by atoms with E-state index in [-0.39, 0.29) is 11.4 Å². The molecule has 1 saturated carbocycles. The molecule has 0 atom stereocenters. The summed E-state index contributed by atoms with van der Waals surface area (Å²) in [6, 6.07) is 17.9. The first-order chi connectivity index (χ1) is 11.4. The minimum absolute atomic E-state index is 0.0264. The quantitative estimate of drug-likeness (QED) is 0.849. The Morgan fingerprint density at radius 2 is 1.83 bits per heavy atom. The molecule has 0 aliphatic heterocycles. The third-order valence-corrected chi connectivity index (χ3v) is 4.64. The van der Waals surface area contributed by atoms with Crippen molar-refractivity contribution in [3.63, 3.8) is 0 Å². The van der Waals surface area contributed by atoms with Gasteiger partial charge in [-0.25, -0.2) is 0 Å². The zero-order valence-corrected chi connectivity index (χ0v) is 14.4. The van der Waals surface area contributed by atoms with Gasteiger partial charge >= 0.3 is 0 Å². The van der Waals surface area contributed by atoms with Gasteiger partial charge in [-0.1, -0.05) is 42.5 Å². The Morgan fingerprint density at radius 3 is 2.46 bits per heavy atom. The maximum atomic E-state index is 12.7. The Balaban J connectivity index is 1.70. The Morgan fingerprint density at radius 1 is 1.12 bits per heavy atom. The summed E-state index contributed by atoms with van der Waals surface area (Å²) in [5.41, 5.74) is 2.06. The van der Waals surface area contributed by atoms with Gasteiger partial charge in [0.15, 0.2) is 0 Å². The average molecular weight is 323 g/mol. The molecule has 1 aliphatic rings. The molecule has 24 heavy (non-hydrogen) atoms. The van der Waals surface area contributed by atoms with E-state index in [2.05, 4.69) is 17.4 Å². The Bertz CT molecular complexity index is 712. The fraction of sp³-hybridized carbons (Fsp3) is 0.381. The van der Waals surface area contributed by atoms with Crippen LogP contribution in [0.3, 0.4) is 0 Å². The third kappa shape index (κ3) is 4.04. The summed E-state index contributed by atoms with van der Waals surface area (Å²) in [5, 5.41) is 13.1. The van der Waals surface area contributed by atoms with Gasteiger partial charge in [0, 0.05) is 5.56 Å². The van der Waals surface area contributed by atoms with Crippen LogP contribution in [0.1, 0.15) is 54.6 Å². The molecule has 0 saturated heterocycles. The van der Waals surface area contributed by atoms with Crippen LogP contribution in [0.5, 0.6) is 0 Å². The van der Waals surface area contributed by atoms with Crippen LogP contribution < -0.4 is 5.32 Å². The fourth-order valence-electron chi connectivity index (χ4n) is 2.98. The molecule has 2 aromatic rings. The van der Waals surface area contributed by atoms with Gasteiger partial charge in [0.1, 0.15) is 0 Å². The number of carbonyl (C=O) groups is 1. The molecule has 0 radical (unpaired) electrons. The first kappa shape index (κ1) is 16.7. The van der Waals surface area contributed by atoms with Gasteiger partial charge in [-0.2, -0.15) is 0 Å². The molecule has 0 unspecified atom stereocenters. The highest BCUT2D eigenvalue weighted by Gasteiger charge is 2.45. The van der Waals surface area contributed by atoms with Crippen molar-refractivity contribution in [3.8, 4) is 0 Å². The second-order valence-electron chi connectivity index (χ2n) is 7.42. The van der Waals surface area contributed by atoms with Crippen molar-refractivity contribution in [2.24, 2.45) is 0 Å². The lowest BCUT2D eigenvalue weighted by molar-refractivity contribution is 0.0714. The molecule has 3 rings (SSSR count). The van der Waals surface area contributed by atoms with Crippen LogP contribution in [0.15, 0.2) is 54.6 Å². The molecule has 0 bridgehead atoms. The number of carbonyl (C=O) groups excluding carboxylic acids is 1. The molecule has 0 heterocycles. The standard InChI is InChI=1S/C21H25NO2/c1-20(2,24)12-11-16-7-6-8-17(15-16)19(23)22-21(13-14-21)18-9-4-3-5-10-18/h3-10,15,24H,11-14H2,1-2H3,(H,22,23). The van der Waals surface area contributed by atoms with E-state index in [9.17, 15) is 9.90 Å². The summed E-state index contributed by atoms with van der Waals surface area (Å²) in [6.07, 6.45) is 3.41. The fourth-order valence-corrected chi connectivity index (χ4v) is 2.98. The maximum Gasteiger partial charge on any atom is 0.251 e. The molecular formula is C21H25NO2. The van der Waals surface area contributed by atoms with Crippen LogP contribution in [-0.4, -0.2) is 16.6 Å². The van der Waals surface area contributed by atoms with E-state index in [1.54, 1.807) is 13.8 Å². The average Bonchev–Trinajstić information content (AvgIpc) is 3.34. The summed E-state index contributed by atoms with van der Waals surface area (Å²) in [4.78, 5) is 12.7. The molecule has 1 aliphatic carbocycles. The molecule has 2 aromatic carbocycles. The number of aryl methyl sites for hydroxylation is 1. The molecule has 0 aromatic heterocycles. The number of rotatable bonds is 6. The molecule has 2 N–H and O–H groups in total. The van der Waals surface area contributed by atoms with Gasteiger partial charge in [-0.05, 0) is 62.8 Å². The van der Waals surface area contributed by atoms with Crippen LogP contribution in [0, 0.1) is 0 Å². The lowest BCUT2D eigenvalue weighted by Crippen LogP contribution is -2.34. The van der Waals surface area contributed by atoms with Crippen LogP contribution >= 0.6 is 0 Å². The molecular weight excluding hydrogens is 298 g/mol. The van der Waals surface area contributed by atoms with E-state index < -0.39 is 5.60 Å². The van der Waals surface area contributed by atoms with Crippen molar-refractivity contribution in [1.82, 2.24) is 5.32 Å². The summed E-state index contributed by atoms with van der Waals surface area (Å²) < 4.78 is 0. The highest BCUT2D eigenvalue weighted by molar-refractivity contribution is 5.95. The van der Waals surface area contributed by atoms with Gasteiger partial charge < -0.3 is 10.4 Å². The van der Waals surface area contributed by atoms with Gasteiger partial charge in [0.25, 0.3) is 5.91 Å². The van der Waals surface area contributed by atoms with Gasteiger partial charge in [-0.15, -0.1) is 0 Å². The van der Waals surface area contributed by atoms with Crippen molar-refractivity contribution in [2.45, 2.75) is 50.7 Å². The molecule has 1 fully saturated rings. The monoisotopic (exact) mass is 323 g/mol. The predicted octanol–water partition coefficient (Wildman–Crippen LogP) is 3.81. The summed E-state index contributed by atoms with van der Waals surface area (Å²) in [5.74, 6) is -0.0264. The Labute approximate surface area is 143 Å². The first-order valence-corrected chi connectivity index (χ1v) is 8.57. The topological polar surface area (TPSA) is 49.3 Å². The second kappa shape index (κ2) is 6.40. The smallest absolute Gasteiger partial charge is 0.251 e. The SMILES string of the molecule is CC(C)(O)CCc1cccc(C(=O)NC2(c3ccccc3)CC2)c1. The van der Waals surface area contributed by atoms with Crippen molar-refractivity contribution in [2.75, 3.05) is 0 Å². The highest BCUT2D eigenvalue weighted by Crippen LogP contribution is 2.45. The van der Waals surface area contributed by atoms with E-state index in [1.165, 1.54) is 5.56 Å². The second-order valence-corrected chi connectivity index (χ2v) is 7.42. The number of nitrogens with one attached hydrogen (secondary N) is 1. The zero-order chi connectivity index (χ0) is 17.2. The van der Waals surface area contributed by atoms with Gasteiger partial charge in [0.2, 0.25) is 0 Å². The molecule has 3 heteroatoms. The van der Waals surface area contributed by atoms with Crippen molar-refractivity contribution >= 4 is 5.91 Å². The largest absolute Gasteiger partial charge is 0.390 e. The Kier molecular flexibility index (Phi) is 4.46. The lowest BCUT2D eigenvalue weighted by Gasteiger charge is -2.19. The number of hydrogen-bond acceptors (Lipinski definition) is 2. The third-order valence-electron chi connectivity index (χ3n) is 4.64. The van der Waals surface area contributed by atoms with Crippen molar-refractivity contribution in [1.29, 1.82) is 0 Å². The van der Waals surface area contributed by atoms with Gasteiger partial charge in [-0.3, -0.25) is 4.79 Å². The van der Waals surface area contributed by atoms with E-state index in [0.717, 1.165) is 24.8 Å². The van der Waals surface area contributed by atoms with E-state index in [0.29, 0.717) is 12.0 Å². The van der Waals surface area contributed by atoms with Crippen molar-refractivity contribution < 1.29 is 9.90 Å². The van der Waals surface area contributed by atoms with E-state index in [4.69, 9.17) is 0 Å². The molecule has 126 valence electrons. The van der Waals surface area contributed by atoms with Crippen LogP contribution in [0.4, 0.5) is 0 Å². The van der Waals surface area contributed by atoms with Gasteiger partial charge in [0.05, 0.1) is 11.1 Å². The predicted molar refractivity (Wildman–Crippen MR) is 95.9 cm³/mol. The first-order valence-electron chi connectivity index (χ1n) is 8.57. The van der Waals surface area contributed by atoms with E-state index in [1.807, 2.05) is 42.5 Å². The number of benzene rings is 2. The molecule has 0 spiro atoms. The lowest BCUT2D eigenvalue weighted by atomic mass is 9.97. The number of amides is 1. The molecule has 1 amide bonds. The normalized spacial score (nSPS) is 15.8. The summed E-state index contributed by atoms with van der Waals surface area (Å²) in [7, 11) is 0.